The Labute approximate surface area is 102 Å². The largest absolute Gasteiger partial charge is 0.383 e. The van der Waals surface area contributed by atoms with Gasteiger partial charge in [-0.2, -0.15) is 0 Å². The molecule has 0 bridgehead atoms. The number of fused-ring (bicyclic) bond motifs is 1. The van der Waals surface area contributed by atoms with E-state index in [1.807, 2.05) is 12.1 Å². The zero-order valence-electron chi connectivity index (χ0n) is 10.4. The van der Waals surface area contributed by atoms with Crippen LogP contribution in [0.25, 0.3) is 10.9 Å². The van der Waals surface area contributed by atoms with Crippen molar-refractivity contribution in [3.05, 3.63) is 35.4 Å². The third kappa shape index (κ3) is 2.56. The molecular weight excluding hydrogens is 212 g/mol. The molecule has 0 amide bonds. The van der Waals surface area contributed by atoms with E-state index in [1.165, 1.54) is 0 Å². The van der Waals surface area contributed by atoms with Crippen LogP contribution in [0, 0.1) is 0 Å². The summed E-state index contributed by atoms with van der Waals surface area (Å²) in [5, 5.41) is 1.14. The van der Waals surface area contributed by atoms with Gasteiger partial charge in [-0.05, 0) is 35.7 Å². The summed E-state index contributed by atoms with van der Waals surface area (Å²) >= 11 is 0. The van der Waals surface area contributed by atoms with Gasteiger partial charge in [0, 0.05) is 12.5 Å². The van der Waals surface area contributed by atoms with Gasteiger partial charge in [-0.15, -0.1) is 0 Å². The van der Waals surface area contributed by atoms with Crippen molar-refractivity contribution in [2.24, 2.45) is 0 Å². The zero-order valence-corrected chi connectivity index (χ0v) is 10.4. The first-order valence-corrected chi connectivity index (χ1v) is 5.91. The molecule has 0 fully saturated rings. The minimum Gasteiger partial charge on any atom is -0.383 e. The van der Waals surface area contributed by atoms with Gasteiger partial charge in [0.25, 0.3) is 0 Å². The molecule has 1 aromatic heterocycles. The van der Waals surface area contributed by atoms with Crippen molar-refractivity contribution >= 4 is 16.7 Å². The number of aromatic nitrogens is 1. The van der Waals surface area contributed by atoms with Gasteiger partial charge in [-0.25, -0.2) is 4.98 Å². The van der Waals surface area contributed by atoms with Crippen LogP contribution in [0.5, 0.6) is 0 Å². The number of anilines is 1. The lowest BCUT2D eigenvalue weighted by atomic mass is 10.1. The minimum absolute atomic E-state index is 0.628. The molecule has 0 unspecified atom stereocenters. The third-order valence-electron chi connectivity index (χ3n) is 2.82. The Morgan fingerprint density at radius 2 is 2.12 bits per heavy atom. The van der Waals surface area contributed by atoms with E-state index < -0.39 is 0 Å². The van der Waals surface area contributed by atoms with Gasteiger partial charge in [0.2, 0.25) is 0 Å². The second kappa shape index (κ2) is 5.15. The van der Waals surface area contributed by atoms with Crippen LogP contribution in [-0.2, 0) is 17.8 Å². The maximum atomic E-state index is 5.93. The van der Waals surface area contributed by atoms with E-state index in [1.54, 1.807) is 7.11 Å². The van der Waals surface area contributed by atoms with Crippen LogP contribution in [-0.4, -0.2) is 12.1 Å². The monoisotopic (exact) mass is 230 g/mol. The number of nitrogen functional groups attached to an aromatic ring is 1. The van der Waals surface area contributed by atoms with Crippen molar-refractivity contribution in [2.75, 3.05) is 12.8 Å². The number of ether oxygens (including phenoxy) is 1. The molecule has 0 aliphatic carbocycles. The third-order valence-corrected chi connectivity index (χ3v) is 2.82. The number of nitrogens with zero attached hydrogens (tertiary/aromatic N) is 1. The van der Waals surface area contributed by atoms with Gasteiger partial charge >= 0.3 is 0 Å². The Morgan fingerprint density at radius 3 is 2.82 bits per heavy atom. The lowest BCUT2D eigenvalue weighted by Crippen LogP contribution is -1.98. The maximum absolute atomic E-state index is 5.93. The number of methoxy groups -OCH3 is 1. The number of hydrogen-bond donors (Lipinski definition) is 1. The summed E-state index contributed by atoms with van der Waals surface area (Å²) in [6.07, 6.45) is 2.05. The standard InChI is InChI=1S/C14H18N2O/c1-3-4-11-8-12-7-10(9-17-2)5-6-13(12)16-14(11)15/h5-8H,3-4,9H2,1-2H3,(H2,15,16). The Bertz CT molecular complexity index is 523. The van der Waals surface area contributed by atoms with Crippen LogP contribution >= 0.6 is 0 Å². The highest BCUT2D eigenvalue weighted by Gasteiger charge is 2.04. The number of nitrogens with two attached hydrogens (primary N) is 1. The summed E-state index contributed by atoms with van der Waals surface area (Å²) in [5.74, 6) is 0.652. The van der Waals surface area contributed by atoms with Crippen LogP contribution in [0.3, 0.4) is 0 Å². The Hall–Kier alpha value is -1.61. The summed E-state index contributed by atoms with van der Waals surface area (Å²) < 4.78 is 5.13. The molecule has 17 heavy (non-hydrogen) atoms. The van der Waals surface area contributed by atoms with E-state index in [2.05, 4.69) is 24.0 Å². The van der Waals surface area contributed by atoms with Gasteiger partial charge in [-0.1, -0.05) is 19.4 Å². The van der Waals surface area contributed by atoms with Gasteiger partial charge in [-0.3, -0.25) is 0 Å². The quantitative estimate of drug-likeness (QED) is 0.878. The van der Waals surface area contributed by atoms with E-state index in [0.717, 1.165) is 34.9 Å². The number of rotatable bonds is 4. The van der Waals surface area contributed by atoms with Crippen molar-refractivity contribution in [3.63, 3.8) is 0 Å². The maximum Gasteiger partial charge on any atom is 0.127 e. The fourth-order valence-corrected chi connectivity index (χ4v) is 2.01. The Kier molecular flexibility index (Phi) is 3.59. The van der Waals surface area contributed by atoms with Crippen molar-refractivity contribution in [1.82, 2.24) is 4.98 Å². The molecule has 0 saturated carbocycles. The molecule has 1 heterocycles. The fourth-order valence-electron chi connectivity index (χ4n) is 2.01. The van der Waals surface area contributed by atoms with E-state index in [4.69, 9.17) is 10.5 Å². The van der Waals surface area contributed by atoms with Gasteiger partial charge in [0.15, 0.2) is 0 Å². The van der Waals surface area contributed by atoms with E-state index in [-0.39, 0.29) is 0 Å². The SMILES string of the molecule is CCCc1cc2cc(COC)ccc2nc1N. The van der Waals surface area contributed by atoms with Crippen molar-refractivity contribution < 1.29 is 4.74 Å². The average Bonchev–Trinajstić information content (AvgIpc) is 2.31. The second-order valence-corrected chi connectivity index (χ2v) is 4.24. The number of benzene rings is 1. The lowest BCUT2D eigenvalue weighted by Gasteiger charge is -2.07. The van der Waals surface area contributed by atoms with Crippen LogP contribution < -0.4 is 5.73 Å². The Morgan fingerprint density at radius 1 is 1.29 bits per heavy atom. The Balaban J connectivity index is 2.48. The molecule has 0 aliphatic heterocycles. The molecule has 0 spiro atoms. The second-order valence-electron chi connectivity index (χ2n) is 4.24. The van der Waals surface area contributed by atoms with Gasteiger partial charge in [0.05, 0.1) is 12.1 Å². The van der Waals surface area contributed by atoms with Crippen LogP contribution in [0.1, 0.15) is 24.5 Å². The molecule has 1 aromatic carbocycles. The molecule has 0 saturated heterocycles. The highest BCUT2D eigenvalue weighted by atomic mass is 16.5. The fraction of sp³-hybridized carbons (Fsp3) is 0.357. The van der Waals surface area contributed by atoms with Gasteiger partial charge < -0.3 is 10.5 Å². The summed E-state index contributed by atoms with van der Waals surface area (Å²) in [6, 6.07) is 8.28. The molecule has 3 nitrogen and oxygen atoms in total. The van der Waals surface area contributed by atoms with Crippen molar-refractivity contribution in [3.8, 4) is 0 Å². The minimum atomic E-state index is 0.628. The first kappa shape index (κ1) is 11.9. The first-order valence-electron chi connectivity index (χ1n) is 5.91. The number of hydrogen-bond acceptors (Lipinski definition) is 3. The molecule has 2 aromatic rings. The molecule has 0 aliphatic rings. The molecule has 2 rings (SSSR count). The predicted octanol–water partition coefficient (Wildman–Crippen LogP) is 2.92. The average molecular weight is 230 g/mol. The highest BCUT2D eigenvalue weighted by Crippen LogP contribution is 2.21. The van der Waals surface area contributed by atoms with Crippen LogP contribution in [0.2, 0.25) is 0 Å². The summed E-state index contributed by atoms with van der Waals surface area (Å²) in [5.41, 5.74) is 9.18. The zero-order chi connectivity index (χ0) is 12.3. The molecule has 0 atom stereocenters. The molecule has 0 radical (unpaired) electrons. The number of pyridine rings is 1. The lowest BCUT2D eigenvalue weighted by molar-refractivity contribution is 0.185. The molecule has 2 N–H and O–H groups in total. The summed E-state index contributed by atoms with van der Waals surface area (Å²) in [4.78, 5) is 4.43. The first-order chi connectivity index (χ1) is 8.24. The van der Waals surface area contributed by atoms with Gasteiger partial charge in [0.1, 0.15) is 5.82 Å². The van der Waals surface area contributed by atoms with Crippen LogP contribution in [0.4, 0.5) is 5.82 Å². The van der Waals surface area contributed by atoms with Crippen LogP contribution in [0.15, 0.2) is 24.3 Å². The normalized spacial score (nSPS) is 10.9. The van der Waals surface area contributed by atoms with Crippen molar-refractivity contribution in [1.29, 1.82) is 0 Å². The van der Waals surface area contributed by atoms with E-state index in [0.29, 0.717) is 12.4 Å². The van der Waals surface area contributed by atoms with Crippen molar-refractivity contribution in [2.45, 2.75) is 26.4 Å². The van der Waals surface area contributed by atoms with E-state index in [9.17, 15) is 0 Å². The molecule has 90 valence electrons. The topological polar surface area (TPSA) is 48.1 Å². The number of aryl methyl sites for hydroxylation is 1. The highest BCUT2D eigenvalue weighted by molar-refractivity contribution is 5.82. The van der Waals surface area contributed by atoms with E-state index >= 15 is 0 Å². The summed E-state index contributed by atoms with van der Waals surface area (Å²) in [6.45, 7) is 2.77. The predicted molar refractivity (Wildman–Crippen MR) is 70.9 cm³/mol. The molecular formula is C14H18N2O. The molecule has 3 heteroatoms. The smallest absolute Gasteiger partial charge is 0.127 e. The summed E-state index contributed by atoms with van der Waals surface area (Å²) in [7, 11) is 1.70.